The van der Waals surface area contributed by atoms with Crippen molar-refractivity contribution in [2.75, 3.05) is 0 Å². The third-order valence-electron chi connectivity index (χ3n) is 4.94. The molecule has 0 aromatic heterocycles. The minimum absolute atomic E-state index is 0.462. The molecule has 0 aliphatic heterocycles. The topological polar surface area (TPSA) is 20.2 Å². The lowest BCUT2D eigenvalue weighted by molar-refractivity contribution is -0.0991. The third-order valence-corrected chi connectivity index (χ3v) is 4.94. The van der Waals surface area contributed by atoms with Crippen LogP contribution in [-0.2, 0) is 0 Å². The van der Waals surface area contributed by atoms with Crippen molar-refractivity contribution in [2.24, 2.45) is 23.7 Å². The summed E-state index contributed by atoms with van der Waals surface area (Å²) in [5.74, 6) is 2.23. The van der Waals surface area contributed by atoms with Crippen molar-refractivity contribution < 1.29 is 5.11 Å². The van der Waals surface area contributed by atoms with Crippen molar-refractivity contribution >= 4 is 0 Å². The molecule has 1 heteroatoms. The monoisotopic (exact) mass is 222 g/mol. The molecule has 0 saturated heterocycles. The number of allylic oxidation sites excluding steroid dienone is 1. The predicted molar refractivity (Wildman–Crippen MR) is 68.2 cm³/mol. The van der Waals surface area contributed by atoms with E-state index in [1.165, 1.54) is 31.3 Å². The standard InChI is InChI=1S/C15H26O/c1-10(2)13-8-6-12(4)14-7-5-11(3)9-15(13,14)16/h9-10,12-14,16H,5-8H2,1-4H3/t12-,13-,14+,15+/m1/s1. The molecule has 0 heterocycles. The van der Waals surface area contributed by atoms with Crippen LogP contribution < -0.4 is 0 Å². The maximum Gasteiger partial charge on any atom is 0.0891 e. The van der Waals surface area contributed by atoms with Gasteiger partial charge in [-0.05, 0) is 56.3 Å². The molecule has 1 nitrogen and oxygen atoms in total. The Morgan fingerprint density at radius 1 is 1.31 bits per heavy atom. The summed E-state index contributed by atoms with van der Waals surface area (Å²) < 4.78 is 0. The zero-order chi connectivity index (χ0) is 11.9. The summed E-state index contributed by atoms with van der Waals surface area (Å²) in [6, 6.07) is 0. The Morgan fingerprint density at radius 2 is 2.00 bits per heavy atom. The van der Waals surface area contributed by atoms with Crippen molar-refractivity contribution in [3.63, 3.8) is 0 Å². The van der Waals surface area contributed by atoms with Gasteiger partial charge >= 0.3 is 0 Å². The van der Waals surface area contributed by atoms with Crippen LogP contribution in [0.1, 0.15) is 53.4 Å². The van der Waals surface area contributed by atoms with Crippen LogP contribution >= 0.6 is 0 Å². The van der Waals surface area contributed by atoms with Crippen LogP contribution in [0.4, 0.5) is 0 Å². The van der Waals surface area contributed by atoms with Crippen molar-refractivity contribution in [3.05, 3.63) is 11.6 Å². The van der Waals surface area contributed by atoms with Gasteiger partial charge < -0.3 is 5.11 Å². The highest BCUT2D eigenvalue weighted by Crippen LogP contribution is 2.50. The van der Waals surface area contributed by atoms with Crippen LogP contribution in [0.15, 0.2) is 11.6 Å². The SMILES string of the molecule is CC1=C[C@]2(O)[C@@H](C(C)C)CC[C@@H](C)[C@@H]2CC1. The maximum absolute atomic E-state index is 11.1. The molecule has 16 heavy (non-hydrogen) atoms. The van der Waals surface area contributed by atoms with Gasteiger partial charge in [-0.2, -0.15) is 0 Å². The van der Waals surface area contributed by atoms with E-state index in [2.05, 4.69) is 33.8 Å². The van der Waals surface area contributed by atoms with Crippen molar-refractivity contribution in [1.29, 1.82) is 0 Å². The summed E-state index contributed by atoms with van der Waals surface area (Å²) in [6.45, 7) is 9.01. The van der Waals surface area contributed by atoms with Gasteiger partial charge in [-0.3, -0.25) is 0 Å². The molecule has 1 N–H and O–H groups in total. The van der Waals surface area contributed by atoms with Crippen LogP contribution in [0.5, 0.6) is 0 Å². The fraction of sp³-hybridized carbons (Fsp3) is 0.867. The lowest BCUT2D eigenvalue weighted by Crippen LogP contribution is -2.52. The number of aliphatic hydroxyl groups is 1. The number of fused-ring (bicyclic) bond motifs is 1. The van der Waals surface area contributed by atoms with E-state index in [-0.39, 0.29) is 0 Å². The zero-order valence-corrected chi connectivity index (χ0v) is 11.2. The largest absolute Gasteiger partial charge is 0.385 e. The Bertz CT molecular complexity index is 292. The minimum Gasteiger partial charge on any atom is -0.385 e. The van der Waals surface area contributed by atoms with Gasteiger partial charge in [0.1, 0.15) is 0 Å². The van der Waals surface area contributed by atoms with E-state index in [1.54, 1.807) is 0 Å². The Kier molecular flexibility index (Phi) is 3.18. The minimum atomic E-state index is -0.506. The molecule has 1 fully saturated rings. The first kappa shape index (κ1) is 12.2. The molecular formula is C15H26O. The summed E-state index contributed by atoms with van der Waals surface area (Å²) in [4.78, 5) is 0. The molecule has 0 spiro atoms. The van der Waals surface area contributed by atoms with Crippen molar-refractivity contribution in [3.8, 4) is 0 Å². The molecule has 0 bridgehead atoms. The summed E-state index contributed by atoms with van der Waals surface area (Å²) in [7, 11) is 0. The van der Waals surface area contributed by atoms with Gasteiger partial charge in [0.05, 0.1) is 5.60 Å². The van der Waals surface area contributed by atoms with E-state index in [9.17, 15) is 5.11 Å². The summed E-state index contributed by atoms with van der Waals surface area (Å²) in [5.41, 5.74) is 0.882. The molecule has 0 radical (unpaired) electrons. The van der Waals surface area contributed by atoms with Gasteiger partial charge in [0.2, 0.25) is 0 Å². The number of hydrogen-bond acceptors (Lipinski definition) is 1. The average Bonchev–Trinajstić information content (AvgIpc) is 2.15. The summed E-state index contributed by atoms with van der Waals surface area (Å²) in [5, 5.41) is 11.1. The van der Waals surface area contributed by atoms with E-state index in [0.717, 1.165) is 0 Å². The first-order valence-electron chi connectivity index (χ1n) is 6.86. The second-order valence-electron chi connectivity index (χ2n) is 6.43. The highest BCUT2D eigenvalue weighted by atomic mass is 16.3. The van der Waals surface area contributed by atoms with Crippen molar-refractivity contribution in [2.45, 2.75) is 59.0 Å². The van der Waals surface area contributed by atoms with Gasteiger partial charge in [0.25, 0.3) is 0 Å². The molecule has 2 aliphatic carbocycles. The van der Waals surface area contributed by atoms with E-state index in [0.29, 0.717) is 23.7 Å². The fourth-order valence-corrected chi connectivity index (χ4v) is 4.05. The maximum atomic E-state index is 11.1. The second kappa shape index (κ2) is 4.18. The molecule has 0 aromatic rings. The van der Waals surface area contributed by atoms with Crippen LogP contribution in [0, 0.1) is 23.7 Å². The number of hydrogen-bond donors (Lipinski definition) is 1. The first-order valence-corrected chi connectivity index (χ1v) is 6.86. The second-order valence-corrected chi connectivity index (χ2v) is 6.43. The Morgan fingerprint density at radius 3 is 2.62 bits per heavy atom. The van der Waals surface area contributed by atoms with Crippen molar-refractivity contribution in [1.82, 2.24) is 0 Å². The molecule has 0 unspecified atom stereocenters. The van der Waals surface area contributed by atoms with E-state index in [4.69, 9.17) is 0 Å². The normalized spacial score (nSPS) is 44.1. The van der Waals surface area contributed by atoms with Crippen LogP contribution in [0.2, 0.25) is 0 Å². The molecule has 0 aromatic carbocycles. The molecule has 2 aliphatic rings. The molecule has 0 amide bonds. The molecule has 1 saturated carbocycles. The molecule has 4 atom stereocenters. The van der Waals surface area contributed by atoms with Gasteiger partial charge in [0, 0.05) is 0 Å². The molecule has 92 valence electrons. The Balaban J connectivity index is 2.35. The molecule has 2 rings (SSSR count). The highest BCUT2D eigenvalue weighted by molar-refractivity contribution is 5.20. The smallest absolute Gasteiger partial charge is 0.0891 e. The summed E-state index contributed by atoms with van der Waals surface area (Å²) >= 11 is 0. The van der Waals surface area contributed by atoms with Crippen LogP contribution in [0.3, 0.4) is 0 Å². The lowest BCUT2D eigenvalue weighted by Gasteiger charge is -2.51. The molecular weight excluding hydrogens is 196 g/mol. The van der Waals surface area contributed by atoms with Crippen LogP contribution in [-0.4, -0.2) is 10.7 Å². The Hall–Kier alpha value is -0.300. The van der Waals surface area contributed by atoms with Gasteiger partial charge in [-0.15, -0.1) is 0 Å². The first-order chi connectivity index (χ1) is 7.45. The zero-order valence-electron chi connectivity index (χ0n) is 11.2. The van der Waals surface area contributed by atoms with E-state index < -0.39 is 5.60 Å². The van der Waals surface area contributed by atoms with E-state index >= 15 is 0 Å². The summed E-state index contributed by atoms with van der Waals surface area (Å²) in [6.07, 6.45) is 7.05. The Labute approximate surface area is 99.9 Å². The lowest BCUT2D eigenvalue weighted by atomic mass is 9.57. The van der Waals surface area contributed by atoms with Gasteiger partial charge in [-0.1, -0.05) is 32.4 Å². The highest BCUT2D eigenvalue weighted by Gasteiger charge is 2.49. The number of rotatable bonds is 1. The predicted octanol–water partition coefficient (Wildman–Crippen LogP) is 3.78. The van der Waals surface area contributed by atoms with Gasteiger partial charge in [0.15, 0.2) is 0 Å². The average molecular weight is 222 g/mol. The third kappa shape index (κ3) is 1.84. The quantitative estimate of drug-likeness (QED) is 0.669. The van der Waals surface area contributed by atoms with Gasteiger partial charge in [-0.25, -0.2) is 0 Å². The fourth-order valence-electron chi connectivity index (χ4n) is 4.05. The van der Waals surface area contributed by atoms with E-state index in [1.807, 2.05) is 0 Å². The van der Waals surface area contributed by atoms with Crippen LogP contribution in [0.25, 0.3) is 0 Å².